The van der Waals surface area contributed by atoms with Crippen molar-refractivity contribution in [3.8, 4) is 5.75 Å². The number of ketones is 1. The number of methoxy groups -OCH3 is 1. The summed E-state index contributed by atoms with van der Waals surface area (Å²) in [5.74, 6) is 1.07. The van der Waals surface area contributed by atoms with E-state index in [9.17, 15) is 9.59 Å². The molecule has 5 nitrogen and oxygen atoms in total. The van der Waals surface area contributed by atoms with E-state index in [2.05, 4.69) is 5.32 Å². The van der Waals surface area contributed by atoms with E-state index in [1.165, 1.54) is 19.3 Å². The van der Waals surface area contributed by atoms with Crippen molar-refractivity contribution in [3.63, 3.8) is 0 Å². The third-order valence-corrected chi connectivity index (χ3v) is 4.81. The van der Waals surface area contributed by atoms with Crippen molar-refractivity contribution in [2.75, 3.05) is 13.7 Å². The first kappa shape index (κ1) is 21.5. The Morgan fingerprint density at radius 1 is 1.16 bits per heavy atom. The van der Waals surface area contributed by atoms with Gasteiger partial charge in [-0.05, 0) is 43.0 Å². The molecule has 1 aliphatic carbocycles. The van der Waals surface area contributed by atoms with Gasteiger partial charge in [0.2, 0.25) is 5.91 Å². The van der Waals surface area contributed by atoms with Crippen LogP contribution in [0, 0.1) is 5.92 Å². The summed E-state index contributed by atoms with van der Waals surface area (Å²) in [6.45, 7) is 0.461. The minimum Gasteiger partial charge on any atom is -0.497 e. The lowest BCUT2D eigenvalue weighted by atomic mass is 9.84. The number of benzene rings is 1. The number of carbonyl (C=O) groups is 2. The second-order valence-corrected chi connectivity index (χ2v) is 6.46. The molecular formula is C19H29ClN2O3. The zero-order valence-corrected chi connectivity index (χ0v) is 15.6. The molecule has 6 heteroatoms. The number of hydrogen-bond acceptors (Lipinski definition) is 4. The van der Waals surface area contributed by atoms with Gasteiger partial charge in [-0.15, -0.1) is 12.4 Å². The Morgan fingerprint density at radius 2 is 1.80 bits per heavy atom. The van der Waals surface area contributed by atoms with Crippen LogP contribution in [0.4, 0.5) is 0 Å². The highest BCUT2D eigenvalue weighted by atomic mass is 35.5. The lowest BCUT2D eigenvalue weighted by molar-refractivity contribution is -0.122. The minimum atomic E-state index is -0.0853. The highest BCUT2D eigenvalue weighted by molar-refractivity contribution is 5.98. The molecule has 1 aromatic carbocycles. The highest BCUT2D eigenvalue weighted by Crippen LogP contribution is 2.26. The number of Topliss-reactive ketones (excluding diaryl/α,β-unsaturated/α-hetero) is 1. The highest BCUT2D eigenvalue weighted by Gasteiger charge is 2.24. The summed E-state index contributed by atoms with van der Waals surface area (Å²) in [6, 6.07) is 6.99. The van der Waals surface area contributed by atoms with Crippen LogP contribution in [0.2, 0.25) is 0 Å². The van der Waals surface area contributed by atoms with Crippen molar-refractivity contribution in [3.05, 3.63) is 29.8 Å². The molecule has 25 heavy (non-hydrogen) atoms. The van der Waals surface area contributed by atoms with Crippen molar-refractivity contribution < 1.29 is 14.3 Å². The molecule has 0 aromatic heterocycles. The van der Waals surface area contributed by atoms with Crippen LogP contribution in [0.15, 0.2) is 24.3 Å². The first-order chi connectivity index (χ1) is 11.6. The van der Waals surface area contributed by atoms with Crippen molar-refractivity contribution in [1.29, 1.82) is 0 Å². The standard InChI is InChI=1S/C19H28N2O3.ClH/c1-24-16-9-7-15(8-10-16)18(22)11-12-19(23)21-17(13-20)14-5-3-2-4-6-14;/h7-10,14,17H,2-6,11-13,20H2,1H3,(H,21,23);1H. The van der Waals surface area contributed by atoms with Crippen LogP contribution in [0.5, 0.6) is 5.75 Å². The molecule has 1 aromatic rings. The molecule has 0 bridgehead atoms. The van der Waals surface area contributed by atoms with E-state index in [1.807, 2.05) is 0 Å². The fraction of sp³-hybridized carbons (Fsp3) is 0.579. The Hall–Kier alpha value is -1.59. The van der Waals surface area contributed by atoms with E-state index in [4.69, 9.17) is 10.5 Å². The van der Waals surface area contributed by atoms with E-state index in [0.717, 1.165) is 12.8 Å². The fourth-order valence-corrected chi connectivity index (χ4v) is 3.33. The molecule has 2 rings (SSSR count). The fourth-order valence-electron chi connectivity index (χ4n) is 3.33. The van der Waals surface area contributed by atoms with Gasteiger partial charge in [0.25, 0.3) is 0 Å². The molecule has 1 amide bonds. The van der Waals surface area contributed by atoms with Crippen molar-refractivity contribution in [1.82, 2.24) is 5.32 Å². The number of amides is 1. The number of halogens is 1. The molecule has 3 N–H and O–H groups in total. The SMILES string of the molecule is COc1ccc(C(=O)CCC(=O)NC(CN)C2CCCCC2)cc1.Cl. The number of nitrogens with one attached hydrogen (secondary N) is 1. The lowest BCUT2D eigenvalue weighted by Crippen LogP contribution is -2.45. The Kier molecular flexibility index (Phi) is 9.53. The maximum atomic E-state index is 12.2. The number of hydrogen-bond donors (Lipinski definition) is 2. The maximum Gasteiger partial charge on any atom is 0.220 e. The van der Waals surface area contributed by atoms with Crippen LogP contribution in [0.25, 0.3) is 0 Å². The predicted molar refractivity (Wildman–Crippen MR) is 101 cm³/mol. The molecule has 0 spiro atoms. The number of nitrogens with two attached hydrogens (primary N) is 1. The number of carbonyl (C=O) groups excluding carboxylic acids is 2. The molecule has 1 aliphatic rings. The monoisotopic (exact) mass is 368 g/mol. The van der Waals surface area contributed by atoms with Gasteiger partial charge in [0.05, 0.1) is 7.11 Å². The summed E-state index contributed by atoms with van der Waals surface area (Å²) >= 11 is 0. The van der Waals surface area contributed by atoms with Gasteiger partial charge in [-0.2, -0.15) is 0 Å². The van der Waals surface area contributed by atoms with E-state index in [0.29, 0.717) is 23.8 Å². The average Bonchev–Trinajstić information content (AvgIpc) is 2.65. The van der Waals surface area contributed by atoms with E-state index < -0.39 is 0 Å². The second kappa shape index (κ2) is 11.1. The van der Waals surface area contributed by atoms with Gasteiger partial charge in [-0.1, -0.05) is 19.3 Å². The largest absolute Gasteiger partial charge is 0.497 e. The van der Waals surface area contributed by atoms with Crippen molar-refractivity contribution in [2.24, 2.45) is 11.7 Å². The Balaban J connectivity index is 0.00000312. The van der Waals surface area contributed by atoms with Crippen LogP contribution in [0.1, 0.15) is 55.3 Å². The Labute approximate surface area is 156 Å². The van der Waals surface area contributed by atoms with Gasteiger partial charge in [-0.25, -0.2) is 0 Å². The number of rotatable bonds is 8. The zero-order valence-electron chi connectivity index (χ0n) is 14.8. The molecule has 0 saturated heterocycles. The summed E-state index contributed by atoms with van der Waals surface area (Å²) in [5.41, 5.74) is 6.44. The van der Waals surface area contributed by atoms with Crippen LogP contribution in [-0.4, -0.2) is 31.4 Å². The molecular weight excluding hydrogens is 340 g/mol. The topological polar surface area (TPSA) is 81.4 Å². The molecule has 1 unspecified atom stereocenters. The Morgan fingerprint density at radius 3 is 2.36 bits per heavy atom. The lowest BCUT2D eigenvalue weighted by Gasteiger charge is -2.30. The number of ether oxygens (including phenoxy) is 1. The zero-order chi connectivity index (χ0) is 17.4. The molecule has 140 valence electrons. The second-order valence-electron chi connectivity index (χ2n) is 6.46. The first-order valence-electron chi connectivity index (χ1n) is 8.80. The van der Waals surface area contributed by atoms with Crippen LogP contribution < -0.4 is 15.8 Å². The van der Waals surface area contributed by atoms with E-state index in [-0.39, 0.29) is 43.0 Å². The summed E-state index contributed by atoms with van der Waals surface area (Å²) in [5, 5.41) is 3.03. The van der Waals surface area contributed by atoms with Gasteiger partial charge in [-0.3, -0.25) is 9.59 Å². The third-order valence-electron chi connectivity index (χ3n) is 4.81. The minimum absolute atomic E-state index is 0. The quantitative estimate of drug-likeness (QED) is 0.691. The average molecular weight is 369 g/mol. The van der Waals surface area contributed by atoms with E-state index >= 15 is 0 Å². The summed E-state index contributed by atoms with van der Waals surface area (Å²) in [4.78, 5) is 24.3. The summed E-state index contributed by atoms with van der Waals surface area (Å²) in [7, 11) is 1.58. The third kappa shape index (κ3) is 6.67. The van der Waals surface area contributed by atoms with Crippen LogP contribution in [-0.2, 0) is 4.79 Å². The molecule has 1 saturated carbocycles. The van der Waals surface area contributed by atoms with Gasteiger partial charge in [0, 0.05) is 31.0 Å². The van der Waals surface area contributed by atoms with E-state index in [1.54, 1.807) is 31.4 Å². The van der Waals surface area contributed by atoms with Crippen LogP contribution >= 0.6 is 12.4 Å². The molecule has 1 fully saturated rings. The normalized spacial score (nSPS) is 15.8. The molecule has 0 aliphatic heterocycles. The van der Waals surface area contributed by atoms with Gasteiger partial charge < -0.3 is 15.8 Å². The maximum absolute atomic E-state index is 12.2. The molecule has 0 radical (unpaired) electrons. The molecule has 1 atom stereocenters. The van der Waals surface area contributed by atoms with Crippen LogP contribution in [0.3, 0.4) is 0 Å². The van der Waals surface area contributed by atoms with Gasteiger partial charge in [0.1, 0.15) is 5.75 Å². The Bertz CT molecular complexity index is 542. The summed E-state index contributed by atoms with van der Waals surface area (Å²) in [6.07, 6.45) is 6.38. The van der Waals surface area contributed by atoms with Gasteiger partial charge >= 0.3 is 0 Å². The van der Waals surface area contributed by atoms with Gasteiger partial charge in [0.15, 0.2) is 5.78 Å². The first-order valence-corrected chi connectivity index (χ1v) is 8.80. The van der Waals surface area contributed by atoms with Crippen molar-refractivity contribution >= 4 is 24.1 Å². The summed E-state index contributed by atoms with van der Waals surface area (Å²) < 4.78 is 5.07. The smallest absolute Gasteiger partial charge is 0.220 e. The van der Waals surface area contributed by atoms with Crippen molar-refractivity contribution in [2.45, 2.75) is 51.0 Å². The molecule has 0 heterocycles. The predicted octanol–water partition coefficient (Wildman–Crippen LogP) is 3.10.